The van der Waals surface area contributed by atoms with Gasteiger partial charge in [0.1, 0.15) is 0 Å². The van der Waals surface area contributed by atoms with Gasteiger partial charge in [-0.2, -0.15) is 0 Å². The van der Waals surface area contributed by atoms with Crippen LogP contribution in [0.2, 0.25) is 0 Å². The van der Waals surface area contributed by atoms with E-state index in [1.165, 1.54) is 0 Å². The van der Waals surface area contributed by atoms with Gasteiger partial charge in [-0.15, -0.1) is 0 Å². The minimum atomic E-state index is -1.48. The van der Waals surface area contributed by atoms with E-state index < -0.39 is 29.6 Å². The van der Waals surface area contributed by atoms with Crippen molar-refractivity contribution in [1.29, 1.82) is 0 Å². The van der Waals surface area contributed by atoms with E-state index >= 15 is 0 Å². The molecule has 1 heterocycles. The van der Waals surface area contributed by atoms with Crippen molar-refractivity contribution in [3.63, 3.8) is 0 Å². The molecule has 1 aliphatic heterocycles. The van der Waals surface area contributed by atoms with E-state index in [1.54, 1.807) is 6.92 Å². The molecule has 2 N–H and O–H groups in total. The number of rotatable bonds is 2. The van der Waals surface area contributed by atoms with Crippen molar-refractivity contribution >= 4 is 0 Å². The fraction of sp³-hybridized carbons (Fsp3) is 0.500. The molecule has 2 rings (SSSR count). The van der Waals surface area contributed by atoms with Crippen LogP contribution in [0, 0.1) is 17.5 Å². The Morgan fingerprint density at radius 1 is 1.28 bits per heavy atom. The number of hydrogen-bond acceptors (Lipinski definition) is 3. The van der Waals surface area contributed by atoms with Gasteiger partial charge in [0.05, 0.1) is 31.4 Å². The molecule has 0 radical (unpaired) electrons. The van der Waals surface area contributed by atoms with Crippen molar-refractivity contribution in [1.82, 2.24) is 5.32 Å². The number of aliphatic hydroxyl groups excluding tert-OH is 1. The third kappa shape index (κ3) is 2.66. The normalized spacial score (nSPS) is 26.1. The lowest BCUT2D eigenvalue weighted by Crippen LogP contribution is -2.49. The molecule has 1 fully saturated rings. The molecular weight excluding hydrogens is 247 g/mol. The minimum Gasteiger partial charge on any atom is -0.392 e. The summed E-state index contributed by atoms with van der Waals surface area (Å²) in [6, 6.07) is 1.08. The minimum absolute atomic E-state index is 0.216. The number of hydrogen-bond donors (Lipinski definition) is 2. The summed E-state index contributed by atoms with van der Waals surface area (Å²) >= 11 is 0. The van der Waals surface area contributed by atoms with E-state index in [1.807, 2.05) is 0 Å². The van der Waals surface area contributed by atoms with Gasteiger partial charge in [-0.3, -0.25) is 0 Å². The second kappa shape index (κ2) is 5.26. The lowest BCUT2D eigenvalue weighted by Gasteiger charge is -2.33. The van der Waals surface area contributed by atoms with E-state index in [0.717, 1.165) is 12.1 Å². The number of ether oxygens (including phenoxy) is 1. The first kappa shape index (κ1) is 13.3. The molecule has 1 aromatic rings. The molecule has 0 aromatic heterocycles. The van der Waals surface area contributed by atoms with Crippen LogP contribution < -0.4 is 5.32 Å². The Hall–Kier alpha value is -1.11. The second-order valence-electron chi connectivity index (χ2n) is 4.40. The molecule has 0 amide bonds. The predicted octanol–water partition coefficient (Wildman–Crippen LogP) is 1.51. The van der Waals surface area contributed by atoms with Crippen molar-refractivity contribution in [3.8, 4) is 0 Å². The van der Waals surface area contributed by atoms with Crippen LogP contribution in [-0.2, 0) is 4.74 Å². The molecule has 3 nitrogen and oxygen atoms in total. The van der Waals surface area contributed by atoms with Crippen LogP contribution in [0.5, 0.6) is 0 Å². The van der Waals surface area contributed by atoms with Crippen LogP contribution in [0.4, 0.5) is 13.2 Å². The third-order valence-electron chi connectivity index (χ3n) is 2.99. The molecule has 0 bridgehead atoms. The molecule has 1 saturated heterocycles. The summed E-state index contributed by atoms with van der Waals surface area (Å²) in [6.07, 6.45) is -0.650. The van der Waals surface area contributed by atoms with Gasteiger partial charge in [0, 0.05) is 0 Å². The second-order valence-corrected chi connectivity index (χ2v) is 4.40. The predicted molar refractivity (Wildman–Crippen MR) is 58.5 cm³/mol. The maximum absolute atomic E-state index is 13.1. The molecule has 0 spiro atoms. The van der Waals surface area contributed by atoms with Crippen molar-refractivity contribution in [2.24, 2.45) is 0 Å². The Labute approximate surface area is 103 Å². The quantitative estimate of drug-likeness (QED) is 0.793. The molecular formula is C12H14F3NO2. The highest BCUT2D eigenvalue weighted by Crippen LogP contribution is 2.22. The van der Waals surface area contributed by atoms with Crippen molar-refractivity contribution in [2.45, 2.75) is 25.1 Å². The molecule has 0 aliphatic carbocycles. The zero-order valence-electron chi connectivity index (χ0n) is 9.79. The van der Waals surface area contributed by atoms with Gasteiger partial charge in [-0.05, 0) is 24.6 Å². The van der Waals surface area contributed by atoms with E-state index in [0.29, 0.717) is 6.61 Å². The van der Waals surface area contributed by atoms with Gasteiger partial charge in [-0.1, -0.05) is 0 Å². The van der Waals surface area contributed by atoms with E-state index in [4.69, 9.17) is 4.74 Å². The zero-order valence-corrected chi connectivity index (χ0v) is 9.79. The smallest absolute Gasteiger partial charge is 0.194 e. The van der Waals surface area contributed by atoms with Gasteiger partial charge in [0.15, 0.2) is 17.5 Å². The van der Waals surface area contributed by atoms with Crippen molar-refractivity contribution in [2.75, 3.05) is 13.2 Å². The molecule has 3 atom stereocenters. The summed E-state index contributed by atoms with van der Waals surface area (Å²) in [5.74, 6) is -3.94. The Morgan fingerprint density at radius 2 is 1.89 bits per heavy atom. The van der Waals surface area contributed by atoms with E-state index in [2.05, 4.69) is 5.32 Å². The average molecular weight is 261 g/mol. The SMILES string of the molecule is CC(O)C1COCC(c2cc(F)c(F)c(F)c2)N1. The van der Waals surface area contributed by atoms with E-state index in [-0.39, 0.29) is 18.2 Å². The third-order valence-corrected chi connectivity index (χ3v) is 2.99. The summed E-state index contributed by atoms with van der Waals surface area (Å²) in [5.41, 5.74) is 0.261. The zero-order chi connectivity index (χ0) is 13.3. The maximum Gasteiger partial charge on any atom is 0.194 e. The monoisotopic (exact) mass is 261 g/mol. The van der Waals surface area contributed by atoms with Gasteiger partial charge in [0.25, 0.3) is 0 Å². The van der Waals surface area contributed by atoms with Gasteiger partial charge in [0.2, 0.25) is 0 Å². The largest absolute Gasteiger partial charge is 0.392 e. The van der Waals surface area contributed by atoms with Crippen LogP contribution >= 0.6 is 0 Å². The van der Waals surface area contributed by atoms with Crippen molar-refractivity contribution < 1.29 is 23.0 Å². The Balaban J connectivity index is 2.21. The highest BCUT2D eigenvalue weighted by atomic mass is 19.2. The number of benzene rings is 1. The highest BCUT2D eigenvalue weighted by molar-refractivity contribution is 5.23. The standard InChI is InChI=1S/C12H14F3NO2/c1-6(17)10-4-18-5-11(16-10)7-2-8(13)12(15)9(14)3-7/h2-3,6,10-11,16-17H,4-5H2,1H3. The van der Waals surface area contributed by atoms with Crippen molar-refractivity contribution in [3.05, 3.63) is 35.1 Å². The van der Waals surface area contributed by atoms with Crippen LogP contribution in [0.15, 0.2) is 12.1 Å². The number of morpholine rings is 1. The van der Waals surface area contributed by atoms with Gasteiger partial charge in [-0.25, -0.2) is 13.2 Å². The number of aliphatic hydroxyl groups is 1. The van der Waals surface area contributed by atoms with Crippen LogP contribution in [-0.4, -0.2) is 30.5 Å². The highest BCUT2D eigenvalue weighted by Gasteiger charge is 2.27. The summed E-state index contributed by atoms with van der Waals surface area (Å²) in [5, 5.41) is 12.5. The summed E-state index contributed by atoms with van der Waals surface area (Å²) in [6.45, 7) is 2.13. The fourth-order valence-corrected chi connectivity index (χ4v) is 1.91. The molecule has 100 valence electrons. The van der Waals surface area contributed by atoms with Crippen LogP contribution in [0.1, 0.15) is 18.5 Å². The first-order chi connectivity index (χ1) is 8.49. The van der Waals surface area contributed by atoms with Crippen LogP contribution in [0.25, 0.3) is 0 Å². The van der Waals surface area contributed by atoms with E-state index in [9.17, 15) is 18.3 Å². The Bertz CT molecular complexity index is 416. The molecule has 1 aromatic carbocycles. The fourth-order valence-electron chi connectivity index (χ4n) is 1.91. The lowest BCUT2D eigenvalue weighted by molar-refractivity contribution is 0.00106. The van der Waals surface area contributed by atoms with Crippen LogP contribution in [0.3, 0.4) is 0 Å². The molecule has 6 heteroatoms. The molecule has 0 saturated carbocycles. The summed E-state index contributed by atoms with van der Waals surface area (Å²) in [4.78, 5) is 0. The Kier molecular flexibility index (Phi) is 3.89. The lowest BCUT2D eigenvalue weighted by atomic mass is 10.0. The average Bonchev–Trinajstić information content (AvgIpc) is 2.35. The molecule has 3 unspecified atom stereocenters. The summed E-state index contributed by atoms with van der Waals surface area (Å²) < 4.78 is 44.3. The van der Waals surface area contributed by atoms with Gasteiger partial charge >= 0.3 is 0 Å². The topological polar surface area (TPSA) is 41.5 Å². The molecule has 18 heavy (non-hydrogen) atoms. The first-order valence-corrected chi connectivity index (χ1v) is 5.65. The van der Waals surface area contributed by atoms with Gasteiger partial charge < -0.3 is 15.2 Å². The summed E-state index contributed by atoms with van der Waals surface area (Å²) in [7, 11) is 0. The number of halogens is 3. The Morgan fingerprint density at radius 3 is 2.44 bits per heavy atom. The number of nitrogens with one attached hydrogen (secondary N) is 1. The first-order valence-electron chi connectivity index (χ1n) is 5.65. The maximum atomic E-state index is 13.1. The molecule has 1 aliphatic rings.